The van der Waals surface area contributed by atoms with E-state index in [4.69, 9.17) is 0 Å². The Hall–Kier alpha value is -1.98. The summed E-state index contributed by atoms with van der Waals surface area (Å²) in [5.41, 5.74) is 0.0308. The van der Waals surface area contributed by atoms with Crippen molar-refractivity contribution >= 4 is 5.95 Å². The number of alkyl halides is 3. The van der Waals surface area contributed by atoms with E-state index >= 15 is 0 Å². The van der Waals surface area contributed by atoms with Crippen molar-refractivity contribution in [3.8, 4) is 5.69 Å². The lowest BCUT2D eigenvalue weighted by atomic mass is 10.1. The minimum absolute atomic E-state index is 0.211. The molecule has 114 valence electrons. The highest BCUT2D eigenvalue weighted by atomic mass is 19.4. The molecule has 0 amide bonds. The number of hydrogen-bond donors (Lipinski definition) is 1. The van der Waals surface area contributed by atoms with E-state index in [0.717, 1.165) is 6.07 Å². The summed E-state index contributed by atoms with van der Waals surface area (Å²) < 4.78 is 40.6. The maximum atomic E-state index is 13.0. The quantitative estimate of drug-likeness (QED) is 0.913. The van der Waals surface area contributed by atoms with E-state index in [9.17, 15) is 13.2 Å². The van der Waals surface area contributed by atoms with Crippen LogP contribution in [0.5, 0.6) is 0 Å². The zero-order valence-corrected chi connectivity index (χ0v) is 12.2. The van der Waals surface area contributed by atoms with Crippen LogP contribution in [0.4, 0.5) is 19.1 Å². The molecule has 1 heterocycles. The number of halogens is 3. The number of aromatic nitrogens is 2. The minimum atomic E-state index is -4.35. The first-order valence-electron chi connectivity index (χ1n) is 6.74. The van der Waals surface area contributed by atoms with Crippen LogP contribution in [-0.2, 0) is 6.18 Å². The fraction of sp³-hybridized carbons (Fsp3) is 0.400. The van der Waals surface area contributed by atoms with E-state index in [1.54, 1.807) is 23.0 Å². The molecular formula is C15H18F3N3. The number of nitrogens with one attached hydrogen (secondary N) is 1. The molecular weight excluding hydrogens is 279 g/mol. The van der Waals surface area contributed by atoms with Gasteiger partial charge < -0.3 is 5.32 Å². The molecule has 0 saturated carbocycles. The summed E-state index contributed by atoms with van der Waals surface area (Å²) in [5, 5.41) is 3.13. The molecule has 21 heavy (non-hydrogen) atoms. The second-order valence-corrected chi connectivity index (χ2v) is 5.39. The SMILES string of the molecule is Cc1ccc(-n2ccnc2NCC(C)C)cc1C(F)(F)F. The van der Waals surface area contributed by atoms with Gasteiger partial charge >= 0.3 is 6.18 Å². The van der Waals surface area contributed by atoms with Gasteiger partial charge in [-0.3, -0.25) is 4.57 Å². The molecule has 2 aromatic rings. The van der Waals surface area contributed by atoms with Gasteiger partial charge in [0.1, 0.15) is 0 Å². The molecule has 6 heteroatoms. The maximum Gasteiger partial charge on any atom is 0.416 e. The molecule has 0 fully saturated rings. The third-order valence-electron chi connectivity index (χ3n) is 3.11. The van der Waals surface area contributed by atoms with Crippen LogP contribution in [0.2, 0.25) is 0 Å². The van der Waals surface area contributed by atoms with Gasteiger partial charge in [0.2, 0.25) is 5.95 Å². The summed E-state index contributed by atoms with van der Waals surface area (Å²) in [4.78, 5) is 4.15. The predicted octanol–water partition coefficient (Wildman–Crippen LogP) is 4.27. The van der Waals surface area contributed by atoms with Crippen LogP contribution in [0.1, 0.15) is 25.0 Å². The van der Waals surface area contributed by atoms with Crippen molar-refractivity contribution in [3.63, 3.8) is 0 Å². The normalized spacial score (nSPS) is 12.0. The van der Waals surface area contributed by atoms with Gasteiger partial charge in [-0.15, -0.1) is 0 Å². The summed E-state index contributed by atoms with van der Waals surface area (Å²) in [5.74, 6) is 0.958. The van der Waals surface area contributed by atoms with Crippen LogP contribution in [0, 0.1) is 12.8 Å². The molecule has 1 aromatic carbocycles. The number of hydrogen-bond acceptors (Lipinski definition) is 2. The predicted molar refractivity (Wildman–Crippen MR) is 76.6 cm³/mol. The van der Waals surface area contributed by atoms with Crippen molar-refractivity contribution < 1.29 is 13.2 Å². The molecule has 0 radical (unpaired) electrons. The summed E-state index contributed by atoms with van der Waals surface area (Å²) in [7, 11) is 0. The van der Waals surface area contributed by atoms with Gasteiger partial charge in [0.15, 0.2) is 0 Å². The highest BCUT2D eigenvalue weighted by Gasteiger charge is 2.32. The van der Waals surface area contributed by atoms with Crippen molar-refractivity contribution in [3.05, 3.63) is 41.7 Å². The maximum absolute atomic E-state index is 13.0. The molecule has 0 atom stereocenters. The van der Waals surface area contributed by atoms with Crippen LogP contribution in [-0.4, -0.2) is 16.1 Å². The fourth-order valence-corrected chi connectivity index (χ4v) is 2.00. The first-order chi connectivity index (χ1) is 9.79. The van der Waals surface area contributed by atoms with E-state index in [-0.39, 0.29) is 5.56 Å². The van der Waals surface area contributed by atoms with Gasteiger partial charge in [-0.25, -0.2) is 4.98 Å². The second kappa shape index (κ2) is 5.79. The third-order valence-corrected chi connectivity index (χ3v) is 3.11. The van der Waals surface area contributed by atoms with Gasteiger partial charge in [0, 0.05) is 24.6 Å². The van der Waals surface area contributed by atoms with Crippen molar-refractivity contribution in [2.45, 2.75) is 26.9 Å². The fourth-order valence-electron chi connectivity index (χ4n) is 2.00. The van der Waals surface area contributed by atoms with Gasteiger partial charge in [-0.05, 0) is 30.5 Å². The molecule has 0 aliphatic carbocycles. The van der Waals surface area contributed by atoms with E-state index < -0.39 is 11.7 Å². The molecule has 3 nitrogen and oxygen atoms in total. The van der Waals surface area contributed by atoms with Gasteiger partial charge in [-0.2, -0.15) is 13.2 Å². The van der Waals surface area contributed by atoms with Gasteiger partial charge in [-0.1, -0.05) is 19.9 Å². The summed E-state index contributed by atoms with van der Waals surface area (Å²) in [6.45, 7) is 6.26. The molecule has 2 rings (SSSR count). The molecule has 0 bridgehead atoms. The Labute approximate surface area is 121 Å². The summed E-state index contributed by atoms with van der Waals surface area (Å²) in [6, 6.07) is 4.29. The van der Waals surface area contributed by atoms with Crippen molar-refractivity contribution in [1.82, 2.24) is 9.55 Å². The van der Waals surface area contributed by atoms with Crippen LogP contribution >= 0.6 is 0 Å². The lowest BCUT2D eigenvalue weighted by Crippen LogP contribution is -2.13. The van der Waals surface area contributed by atoms with Crippen LogP contribution in [0.25, 0.3) is 5.69 Å². The van der Waals surface area contributed by atoms with Gasteiger partial charge in [0.05, 0.1) is 5.56 Å². The molecule has 0 saturated heterocycles. The second-order valence-electron chi connectivity index (χ2n) is 5.39. The number of rotatable bonds is 4. The van der Waals surface area contributed by atoms with Crippen molar-refractivity contribution in [2.75, 3.05) is 11.9 Å². The van der Waals surface area contributed by atoms with E-state index in [1.165, 1.54) is 13.0 Å². The standard InChI is InChI=1S/C15H18F3N3/c1-10(2)9-20-14-19-6-7-21(14)12-5-4-11(3)13(8-12)15(16,17)18/h4-8,10H,9H2,1-3H3,(H,19,20). The number of nitrogens with zero attached hydrogens (tertiary/aromatic N) is 2. The monoisotopic (exact) mass is 297 g/mol. The average Bonchev–Trinajstić information content (AvgIpc) is 2.84. The Morgan fingerprint density at radius 3 is 2.62 bits per heavy atom. The Morgan fingerprint density at radius 2 is 2.00 bits per heavy atom. The first kappa shape index (κ1) is 15.4. The van der Waals surface area contributed by atoms with E-state index in [1.807, 2.05) is 13.8 Å². The third kappa shape index (κ3) is 3.56. The van der Waals surface area contributed by atoms with Crippen molar-refractivity contribution in [2.24, 2.45) is 5.92 Å². The number of imidazole rings is 1. The number of benzene rings is 1. The highest BCUT2D eigenvalue weighted by molar-refractivity contribution is 5.46. The van der Waals surface area contributed by atoms with E-state index in [2.05, 4.69) is 10.3 Å². The topological polar surface area (TPSA) is 29.9 Å². The number of anilines is 1. The lowest BCUT2D eigenvalue weighted by molar-refractivity contribution is -0.138. The zero-order chi connectivity index (χ0) is 15.6. The Morgan fingerprint density at radius 1 is 1.29 bits per heavy atom. The average molecular weight is 297 g/mol. The minimum Gasteiger partial charge on any atom is -0.355 e. The zero-order valence-electron chi connectivity index (χ0n) is 12.2. The highest BCUT2D eigenvalue weighted by Crippen LogP contribution is 2.33. The Bertz CT molecular complexity index is 615. The van der Waals surface area contributed by atoms with Crippen LogP contribution < -0.4 is 5.32 Å². The Balaban J connectivity index is 2.37. The largest absolute Gasteiger partial charge is 0.416 e. The molecule has 1 N–H and O–H groups in total. The Kier molecular flexibility index (Phi) is 4.25. The molecule has 0 aliphatic rings. The van der Waals surface area contributed by atoms with Gasteiger partial charge in [0.25, 0.3) is 0 Å². The lowest BCUT2D eigenvalue weighted by Gasteiger charge is -2.15. The van der Waals surface area contributed by atoms with E-state index in [0.29, 0.717) is 24.1 Å². The summed E-state index contributed by atoms with van der Waals surface area (Å²) in [6.07, 6.45) is -1.14. The molecule has 0 aliphatic heterocycles. The molecule has 1 aromatic heterocycles. The molecule has 0 unspecified atom stereocenters. The first-order valence-corrected chi connectivity index (χ1v) is 6.74. The summed E-state index contributed by atoms with van der Waals surface area (Å²) >= 11 is 0. The number of aryl methyl sites for hydroxylation is 1. The van der Waals surface area contributed by atoms with Crippen LogP contribution in [0.3, 0.4) is 0 Å². The van der Waals surface area contributed by atoms with Crippen molar-refractivity contribution in [1.29, 1.82) is 0 Å². The van der Waals surface area contributed by atoms with Crippen LogP contribution in [0.15, 0.2) is 30.6 Å². The smallest absolute Gasteiger partial charge is 0.355 e. The molecule has 0 spiro atoms.